The maximum Gasteiger partial charge on any atom is 0.322 e. The van der Waals surface area contributed by atoms with E-state index in [4.69, 9.17) is 18.6 Å². The molecule has 1 N–H and O–H groups in total. The number of methoxy groups -OCH3 is 3. The van der Waals surface area contributed by atoms with E-state index >= 15 is 0 Å². The molecule has 0 saturated carbocycles. The minimum atomic E-state index is -4.23. The van der Waals surface area contributed by atoms with E-state index in [2.05, 4.69) is 4.98 Å². The van der Waals surface area contributed by atoms with Crippen molar-refractivity contribution < 1.29 is 36.9 Å². The lowest BCUT2D eigenvalue weighted by Gasteiger charge is -2.30. The Morgan fingerprint density at radius 3 is 2.19 bits per heavy atom. The van der Waals surface area contributed by atoms with Gasteiger partial charge < -0.3 is 23.7 Å². The van der Waals surface area contributed by atoms with Crippen LogP contribution in [0.5, 0.6) is 17.2 Å². The van der Waals surface area contributed by atoms with Gasteiger partial charge in [0.2, 0.25) is 15.9 Å². The van der Waals surface area contributed by atoms with Gasteiger partial charge in [-0.05, 0) is 55.3 Å². The first-order chi connectivity index (χ1) is 17.0. The third-order valence-corrected chi connectivity index (χ3v) is 7.53. The highest BCUT2D eigenvalue weighted by atomic mass is 32.2. The van der Waals surface area contributed by atoms with Crippen LogP contribution >= 0.6 is 0 Å². The molecule has 0 aliphatic carbocycles. The van der Waals surface area contributed by atoms with Crippen LogP contribution in [0.1, 0.15) is 25.3 Å². The summed E-state index contributed by atoms with van der Waals surface area (Å²) in [5.41, 5.74) is 0.883. The first-order valence-electron chi connectivity index (χ1n) is 11.1. The van der Waals surface area contributed by atoms with Gasteiger partial charge in [0, 0.05) is 5.56 Å². The van der Waals surface area contributed by atoms with E-state index < -0.39 is 28.0 Å². The van der Waals surface area contributed by atoms with Crippen LogP contribution in [0, 0.1) is 12.8 Å². The summed E-state index contributed by atoms with van der Waals surface area (Å²) in [6.45, 7) is 4.65. The monoisotopic (exact) mass is 518 g/mol. The maximum atomic E-state index is 13.7. The van der Waals surface area contributed by atoms with Gasteiger partial charge in [0.1, 0.15) is 17.6 Å². The number of sulfonamides is 1. The van der Waals surface area contributed by atoms with Crippen molar-refractivity contribution in [2.45, 2.75) is 38.3 Å². The van der Waals surface area contributed by atoms with Crippen LogP contribution in [0.4, 0.5) is 0 Å². The van der Waals surface area contributed by atoms with Crippen molar-refractivity contribution in [1.82, 2.24) is 9.29 Å². The number of rotatable bonds is 11. The quantitative estimate of drug-likeness (QED) is 0.401. The molecule has 0 amide bonds. The molecule has 0 unspecified atom stereocenters. The number of ether oxygens (including phenoxy) is 3. The molecule has 3 rings (SSSR count). The van der Waals surface area contributed by atoms with Crippen LogP contribution in [0.3, 0.4) is 0 Å². The molecule has 0 radical (unpaired) electrons. The lowest BCUT2D eigenvalue weighted by molar-refractivity contribution is -0.143. The number of carboxylic acids is 1. The SMILES string of the molecule is COc1ccc(S(=O)(=O)N(Cc2nc(-c3ccc(OC)c(OC)c3)oc2C)[C@@H](C(=O)O)C(C)C)cc1. The molecule has 10 nitrogen and oxygen atoms in total. The minimum absolute atomic E-state index is 0.0588. The first-order valence-corrected chi connectivity index (χ1v) is 12.5. The highest BCUT2D eigenvalue weighted by Crippen LogP contribution is 2.33. The molecular weight excluding hydrogens is 488 g/mol. The molecule has 0 aliphatic heterocycles. The number of hydrogen-bond donors (Lipinski definition) is 1. The van der Waals surface area contributed by atoms with E-state index in [0.717, 1.165) is 4.31 Å². The van der Waals surface area contributed by atoms with Crippen molar-refractivity contribution in [3.05, 3.63) is 53.9 Å². The van der Waals surface area contributed by atoms with E-state index in [0.29, 0.717) is 34.3 Å². The number of aliphatic carboxylic acids is 1. The van der Waals surface area contributed by atoms with Gasteiger partial charge in [-0.2, -0.15) is 4.31 Å². The predicted molar refractivity (Wildman–Crippen MR) is 132 cm³/mol. The fourth-order valence-electron chi connectivity index (χ4n) is 3.77. The van der Waals surface area contributed by atoms with Gasteiger partial charge in [0.25, 0.3) is 0 Å². The number of aryl methyl sites for hydroxylation is 1. The summed E-state index contributed by atoms with van der Waals surface area (Å²) in [6.07, 6.45) is 0. The van der Waals surface area contributed by atoms with Gasteiger partial charge in [0.15, 0.2) is 11.5 Å². The number of carbonyl (C=O) groups is 1. The Hall–Kier alpha value is -3.57. The minimum Gasteiger partial charge on any atom is -0.497 e. The summed E-state index contributed by atoms with van der Waals surface area (Å²) >= 11 is 0. The summed E-state index contributed by atoms with van der Waals surface area (Å²) in [5.74, 6) is 0.302. The summed E-state index contributed by atoms with van der Waals surface area (Å²) < 4.78 is 49.8. The molecule has 36 heavy (non-hydrogen) atoms. The Bertz CT molecular complexity index is 1320. The van der Waals surface area contributed by atoms with Crippen molar-refractivity contribution in [3.63, 3.8) is 0 Å². The molecule has 2 aromatic carbocycles. The molecule has 0 saturated heterocycles. The van der Waals surface area contributed by atoms with Crippen LogP contribution in [0.2, 0.25) is 0 Å². The average molecular weight is 519 g/mol. The van der Waals surface area contributed by atoms with E-state index in [1.54, 1.807) is 39.0 Å². The molecule has 0 aliphatic rings. The Morgan fingerprint density at radius 2 is 1.67 bits per heavy atom. The largest absolute Gasteiger partial charge is 0.497 e. The van der Waals surface area contributed by atoms with Gasteiger partial charge >= 0.3 is 5.97 Å². The highest BCUT2D eigenvalue weighted by Gasteiger charge is 2.39. The topological polar surface area (TPSA) is 128 Å². The molecule has 1 heterocycles. The summed E-state index contributed by atoms with van der Waals surface area (Å²) in [4.78, 5) is 16.6. The molecule has 11 heteroatoms. The Kier molecular flexibility index (Phi) is 8.26. The number of hydrogen-bond acceptors (Lipinski definition) is 8. The number of aromatic nitrogens is 1. The molecule has 3 aromatic rings. The second kappa shape index (κ2) is 11.0. The summed E-state index contributed by atoms with van der Waals surface area (Å²) in [6, 6.07) is 9.56. The zero-order valence-electron chi connectivity index (χ0n) is 21.0. The Balaban J connectivity index is 2.06. The van der Waals surface area contributed by atoms with E-state index in [1.807, 2.05) is 0 Å². The van der Waals surface area contributed by atoms with Gasteiger partial charge in [-0.3, -0.25) is 4.79 Å². The van der Waals surface area contributed by atoms with Crippen LogP contribution in [0.25, 0.3) is 11.5 Å². The maximum absolute atomic E-state index is 13.7. The van der Waals surface area contributed by atoms with Crippen molar-refractivity contribution >= 4 is 16.0 Å². The van der Waals surface area contributed by atoms with Gasteiger partial charge in [-0.25, -0.2) is 13.4 Å². The number of carboxylic acid groups (broad SMARTS) is 1. The van der Waals surface area contributed by atoms with Crippen LogP contribution < -0.4 is 14.2 Å². The molecular formula is C25H30N2O8S. The smallest absolute Gasteiger partial charge is 0.322 e. The first kappa shape index (κ1) is 27.0. The molecule has 0 fully saturated rings. The Morgan fingerprint density at radius 1 is 1.03 bits per heavy atom. The predicted octanol–water partition coefficient (Wildman–Crippen LogP) is 3.98. The fourth-order valence-corrected chi connectivity index (χ4v) is 5.45. The van der Waals surface area contributed by atoms with Crippen molar-refractivity contribution in [1.29, 1.82) is 0 Å². The second-order valence-corrected chi connectivity index (χ2v) is 10.2. The number of benzene rings is 2. The van der Waals surface area contributed by atoms with E-state index in [9.17, 15) is 18.3 Å². The van der Waals surface area contributed by atoms with Gasteiger partial charge in [-0.1, -0.05) is 13.8 Å². The van der Waals surface area contributed by atoms with Crippen LogP contribution in [-0.4, -0.2) is 56.2 Å². The molecule has 0 spiro atoms. The number of oxazole rings is 1. The van der Waals surface area contributed by atoms with E-state index in [1.165, 1.54) is 45.6 Å². The van der Waals surface area contributed by atoms with Crippen molar-refractivity contribution in [2.24, 2.45) is 5.92 Å². The van der Waals surface area contributed by atoms with Gasteiger partial charge in [-0.15, -0.1) is 0 Å². The van der Waals surface area contributed by atoms with Crippen molar-refractivity contribution in [2.75, 3.05) is 21.3 Å². The highest BCUT2D eigenvalue weighted by molar-refractivity contribution is 7.89. The van der Waals surface area contributed by atoms with Crippen LogP contribution in [-0.2, 0) is 21.4 Å². The summed E-state index contributed by atoms with van der Waals surface area (Å²) in [7, 11) is 0.276. The van der Waals surface area contributed by atoms with Gasteiger partial charge in [0.05, 0.1) is 38.5 Å². The third-order valence-electron chi connectivity index (χ3n) is 5.69. The zero-order chi connectivity index (χ0) is 26.6. The van der Waals surface area contributed by atoms with Crippen molar-refractivity contribution in [3.8, 4) is 28.7 Å². The third kappa shape index (κ3) is 5.47. The molecule has 194 valence electrons. The fraction of sp³-hybridized carbons (Fsp3) is 0.360. The number of nitrogens with zero attached hydrogens (tertiary/aromatic N) is 2. The molecule has 1 aromatic heterocycles. The van der Waals surface area contributed by atoms with Crippen LogP contribution in [0.15, 0.2) is 51.8 Å². The lowest BCUT2D eigenvalue weighted by atomic mass is 10.0. The zero-order valence-corrected chi connectivity index (χ0v) is 21.8. The second-order valence-electron chi connectivity index (χ2n) is 8.34. The molecule has 1 atom stereocenters. The lowest BCUT2D eigenvalue weighted by Crippen LogP contribution is -2.47. The average Bonchev–Trinajstić information content (AvgIpc) is 3.22. The molecule has 0 bridgehead atoms. The Labute approximate surface area is 210 Å². The summed E-state index contributed by atoms with van der Waals surface area (Å²) in [5, 5.41) is 9.95. The normalized spacial score (nSPS) is 12.6. The standard InChI is InChI=1S/C25H30N2O8S/c1-15(2)23(25(28)29)27(36(30,31)19-10-8-18(32-4)9-11-19)14-20-16(3)35-24(26-20)17-7-12-21(33-5)22(13-17)34-6/h7-13,15,23H,14H2,1-6H3,(H,28,29)/t23-/m1/s1. The van der Waals surface area contributed by atoms with E-state index in [-0.39, 0.29) is 17.3 Å².